The summed E-state index contributed by atoms with van der Waals surface area (Å²) in [6, 6.07) is 7.99. The van der Waals surface area contributed by atoms with Crippen molar-refractivity contribution in [3.63, 3.8) is 0 Å². The first kappa shape index (κ1) is 16.5. The average molecular weight is 329 g/mol. The van der Waals surface area contributed by atoms with E-state index in [1.165, 1.54) is 0 Å². The Balaban J connectivity index is 1.74. The zero-order valence-corrected chi connectivity index (χ0v) is 14.1. The molecule has 3 rings (SSSR count). The number of fused-ring (bicyclic) bond motifs is 1. The van der Waals surface area contributed by atoms with Crippen molar-refractivity contribution in [2.45, 2.75) is 32.4 Å². The van der Waals surface area contributed by atoms with Gasteiger partial charge in [0.05, 0.1) is 6.54 Å². The van der Waals surface area contributed by atoms with Gasteiger partial charge in [-0.1, -0.05) is 38.5 Å². The average Bonchev–Trinajstić information content (AvgIpc) is 2.63. The van der Waals surface area contributed by atoms with Crippen molar-refractivity contribution in [1.29, 1.82) is 0 Å². The quantitative estimate of drug-likeness (QED) is 0.895. The van der Waals surface area contributed by atoms with Crippen molar-refractivity contribution in [2.24, 2.45) is 5.92 Å². The fourth-order valence-electron chi connectivity index (χ4n) is 3.33. The van der Waals surface area contributed by atoms with E-state index >= 15 is 0 Å². The molecular weight excluding hydrogens is 306 g/mol. The topological polar surface area (TPSA) is 69.7 Å². The molecule has 2 aliphatic rings. The van der Waals surface area contributed by atoms with Crippen LogP contribution in [0.2, 0.25) is 0 Å². The summed E-state index contributed by atoms with van der Waals surface area (Å²) >= 11 is 0. The van der Waals surface area contributed by atoms with Crippen LogP contribution in [0.1, 0.15) is 30.6 Å². The summed E-state index contributed by atoms with van der Waals surface area (Å²) in [5.74, 6) is -0.183. The maximum absolute atomic E-state index is 12.7. The van der Waals surface area contributed by atoms with Gasteiger partial charge in [-0.25, -0.2) is 0 Å². The summed E-state index contributed by atoms with van der Waals surface area (Å²) in [4.78, 5) is 41.0. The van der Waals surface area contributed by atoms with Crippen LogP contribution in [-0.4, -0.2) is 59.2 Å². The monoisotopic (exact) mass is 329 g/mol. The number of nitrogens with one attached hydrogen (secondary N) is 1. The normalized spacial score (nSPS) is 25.1. The summed E-state index contributed by atoms with van der Waals surface area (Å²) in [5.41, 5.74) is 0.603. The number of hydrogen-bond donors (Lipinski definition) is 1. The van der Waals surface area contributed by atoms with Crippen molar-refractivity contribution in [3.8, 4) is 0 Å². The van der Waals surface area contributed by atoms with Gasteiger partial charge in [0.1, 0.15) is 12.1 Å². The number of hydrogen-bond acceptors (Lipinski definition) is 3. The largest absolute Gasteiger partial charge is 0.342 e. The van der Waals surface area contributed by atoms with Gasteiger partial charge < -0.3 is 15.1 Å². The molecule has 6 heteroatoms. The highest BCUT2D eigenvalue weighted by molar-refractivity contribution is 5.99. The molecular formula is C18H23N3O3. The lowest BCUT2D eigenvalue weighted by molar-refractivity contribution is -0.153. The maximum Gasteiger partial charge on any atom is 0.253 e. The Morgan fingerprint density at radius 3 is 2.62 bits per heavy atom. The third-order valence-electron chi connectivity index (χ3n) is 5.05. The first-order valence-corrected chi connectivity index (χ1v) is 8.48. The summed E-state index contributed by atoms with van der Waals surface area (Å²) < 4.78 is 0. The van der Waals surface area contributed by atoms with Gasteiger partial charge in [-0.2, -0.15) is 0 Å². The number of carbonyl (C=O) groups is 3. The molecule has 1 aromatic carbocycles. The number of benzene rings is 1. The van der Waals surface area contributed by atoms with Crippen LogP contribution in [-0.2, 0) is 9.59 Å². The smallest absolute Gasteiger partial charge is 0.253 e. The molecule has 1 N–H and O–H groups in total. The minimum Gasteiger partial charge on any atom is -0.342 e. The molecule has 0 aliphatic carbocycles. The Morgan fingerprint density at radius 2 is 1.96 bits per heavy atom. The van der Waals surface area contributed by atoms with Gasteiger partial charge in [0.15, 0.2) is 0 Å². The molecule has 0 radical (unpaired) electrons. The fraction of sp³-hybridized carbons (Fsp3) is 0.500. The fourth-order valence-corrected chi connectivity index (χ4v) is 3.33. The van der Waals surface area contributed by atoms with Crippen LogP contribution < -0.4 is 5.32 Å². The molecule has 0 aromatic heterocycles. The van der Waals surface area contributed by atoms with Gasteiger partial charge in [0.2, 0.25) is 11.8 Å². The van der Waals surface area contributed by atoms with Gasteiger partial charge in [0, 0.05) is 18.7 Å². The number of nitrogens with zero attached hydrogens (tertiary/aromatic N) is 2. The number of piperazine rings is 2. The maximum atomic E-state index is 12.7. The van der Waals surface area contributed by atoms with Crippen LogP contribution in [0.15, 0.2) is 30.3 Å². The van der Waals surface area contributed by atoms with E-state index in [2.05, 4.69) is 5.32 Å². The molecule has 1 aromatic rings. The highest BCUT2D eigenvalue weighted by Crippen LogP contribution is 2.22. The van der Waals surface area contributed by atoms with Crippen molar-refractivity contribution in [1.82, 2.24) is 15.1 Å². The van der Waals surface area contributed by atoms with Crippen molar-refractivity contribution in [2.75, 3.05) is 19.6 Å². The zero-order chi connectivity index (χ0) is 17.3. The lowest BCUT2D eigenvalue weighted by Gasteiger charge is -2.46. The van der Waals surface area contributed by atoms with Crippen LogP contribution in [0.3, 0.4) is 0 Å². The SMILES string of the molecule is CC[C@H](C)[C@@H]1NC(=O)[C@H]2CN(C(=O)c3ccccc3)CCN2C1=O. The molecule has 2 heterocycles. The molecule has 2 aliphatic heterocycles. The van der Waals surface area contributed by atoms with Gasteiger partial charge in [-0.3, -0.25) is 14.4 Å². The first-order valence-electron chi connectivity index (χ1n) is 8.48. The Morgan fingerprint density at radius 1 is 1.25 bits per heavy atom. The van der Waals surface area contributed by atoms with Crippen LogP contribution in [0.25, 0.3) is 0 Å². The molecule has 2 saturated heterocycles. The zero-order valence-electron chi connectivity index (χ0n) is 14.1. The second kappa shape index (κ2) is 6.63. The van der Waals surface area contributed by atoms with E-state index in [4.69, 9.17) is 0 Å². The first-order chi connectivity index (χ1) is 11.5. The summed E-state index contributed by atoms with van der Waals surface area (Å²) in [7, 11) is 0. The van der Waals surface area contributed by atoms with E-state index in [1.54, 1.807) is 21.9 Å². The Bertz CT molecular complexity index is 646. The second-order valence-electron chi connectivity index (χ2n) is 6.54. The Labute approximate surface area is 141 Å². The molecule has 0 bridgehead atoms. The summed E-state index contributed by atoms with van der Waals surface area (Å²) in [6.45, 7) is 5.09. The molecule has 3 amide bonds. The lowest BCUT2D eigenvalue weighted by Crippen LogP contribution is -2.70. The van der Waals surface area contributed by atoms with Crippen LogP contribution in [0, 0.1) is 5.92 Å². The Hall–Kier alpha value is -2.37. The van der Waals surface area contributed by atoms with Gasteiger partial charge >= 0.3 is 0 Å². The second-order valence-corrected chi connectivity index (χ2v) is 6.54. The van der Waals surface area contributed by atoms with E-state index in [9.17, 15) is 14.4 Å². The number of carbonyl (C=O) groups excluding carboxylic acids is 3. The summed E-state index contributed by atoms with van der Waals surface area (Å²) in [5, 5.41) is 2.85. The minimum absolute atomic E-state index is 0.0271. The van der Waals surface area contributed by atoms with E-state index in [0.717, 1.165) is 6.42 Å². The minimum atomic E-state index is -0.584. The highest BCUT2D eigenvalue weighted by atomic mass is 16.2. The predicted molar refractivity (Wildman–Crippen MR) is 89.2 cm³/mol. The molecule has 6 nitrogen and oxygen atoms in total. The van der Waals surface area contributed by atoms with Crippen LogP contribution >= 0.6 is 0 Å². The molecule has 24 heavy (non-hydrogen) atoms. The Kier molecular flexibility index (Phi) is 4.55. The number of rotatable bonds is 3. The predicted octanol–water partition coefficient (Wildman–Crippen LogP) is 0.884. The molecule has 3 atom stereocenters. The van der Waals surface area contributed by atoms with Crippen molar-refractivity contribution >= 4 is 17.7 Å². The third kappa shape index (κ3) is 2.88. The van der Waals surface area contributed by atoms with Gasteiger partial charge in [0.25, 0.3) is 5.91 Å². The van der Waals surface area contributed by atoms with E-state index < -0.39 is 12.1 Å². The summed E-state index contributed by atoms with van der Waals surface area (Å²) in [6.07, 6.45) is 0.827. The van der Waals surface area contributed by atoms with Gasteiger partial charge in [-0.05, 0) is 18.1 Å². The lowest BCUT2D eigenvalue weighted by atomic mass is 9.93. The number of amides is 3. The molecule has 0 saturated carbocycles. The van der Waals surface area contributed by atoms with E-state index in [1.807, 2.05) is 32.0 Å². The van der Waals surface area contributed by atoms with Crippen molar-refractivity contribution < 1.29 is 14.4 Å². The highest BCUT2D eigenvalue weighted by Gasteiger charge is 2.45. The molecule has 128 valence electrons. The van der Waals surface area contributed by atoms with Crippen LogP contribution in [0.4, 0.5) is 0 Å². The van der Waals surface area contributed by atoms with E-state index in [-0.39, 0.29) is 30.2 Å². The van der Waals surface area contributed by atoms with Crippen LogP contribution in [0.5, 0.6) is 0 Å². The van der Waals surface area contributed by atoms with Crippen molar-refractivity contribution in [3.05, 3.63) is 35.9 Å². The molecule has 0 spiro atoms. The molecule has 0 unspecified atom stereocenters. The van der Waals surface area contributed by atoms with Gasteiger partial charge in [-0.15, -0.1) is 0 Å². The third-order valence-corrected chi connectivity index (χ3v) is 5.05. The standard InChI is InChI=1S/C18H23N3O3/c1-3-12(2)15-18(24)21-10-9-20(11-14(21)16(22)19-15)17(23)13-7-5-4-6-8-13/h4-8,12,14-15H,3,9-11H2,1-2H3,(H,19,22)/t12-,14+,15-/m0/s1. The molecule has 2 fully saturated rings. The van der Waals surface area contributed by atoms with E-state index in [0.29, 0.717) is 18.7 Å².